The van der Waals surface area contributed by atoms with Gasteiger partial charge >= 0.3 is 0 Å². The number of rotatable bonds is 14. The zero-order chi connectivity index (χ0) is 38.8. The van der Waals surface area contributed by atoms with E-state index in [1.807, 2.05) is 21.8 Å². The smallest absolute Gasteiger partial charge is 0.254 e. The number of hydrogen-bond donors (Lipinski definition) is 3. The minimum atomic E-state index is -0.585. The Kier molecular flexibility index (Phi) is 11.0. The summed E-state index contributed by atoms with van der Waals surface area (Å²) >= 11 is 0. The number of piperazine rings is 1. The third-order valence-electron chi connectivity index (χ3n) is 11.6. The topological polar surface area (TPSA) is 140 Å². The van der Waals surface area contributed by atoms with Crippen LogP contribution in [0.2, 0.25) is 0 Å². The van der Waals surface area contributed by atoms with E-state index in [2.05, 4.69) is 70.9 Å². The maximum Gasteiger partial charge on any atom is 0.254 e. The first kappa shape index (κ1) is 37.6. The van der Waals surface area contributed by atoms with E-state index in [1.165, 1.54) is 12.0 Å². The van der Waals surface area contributed by atoms with E-state index in [4.69, 9.17) is 20.2 Å². The molecule has 0 spiro atoms. The molecule has 8 rings (SSSR count). The van der Waals surface area contributed by atoms with Gasteiger partial charge in [0.15, 0.2) is 5.65 Å². The monoisotopic (exact) mass is 756 g/mol. The standard InChI is InChI=1S/C44H52N8O4/c1-4-40-39(41(48-34-12-14-56-15-13-34)38-23-47-52(5-2)43(38)49-40)27-51(44(54)32-11-7-10-31(19-32)42(45)53)25-29-17-33(20-37(18-29)55-3)30-9-6-8-28(16-30)24-50-26-35-21-36(50)22-46-35/h6-11,16-20,23,34-36,46H,4-5,12-15,21-22,24-27H2,1-3H3,(H2,45,53)(H,48,49)/t35-,36?/m0/s1. The Bertz CT molecular complexity index is 2230. The SMILES string of the molecule is CCc1nc2c(cnn2CC)c(NC2CCOCC2)c1CN(Cc1cc(OC)cc(-c2cccc(CN3C[C@@H]4CC3CN4)c2)c1)C(=O)c1cccc(C(N)=O)c1. The second kappa shape index (κ2) is 16.4. The summed E-state index contributed by atoms with van der Waals surface area (Å²) in [5.41, 5.74) is 14.3. The quantitative estimate of drug-likeness (QED) is 0.129. The number of benzene rings is 3. The lowest BCUT2D eigenvalue weighted by atomic mass is 9.99. The van der Waals surface area contributed by atoms with Crippen molar-refractivity contribution in [2.24, 2.45) is 5.73 Å². The molecule has 5 heterocycles. The van der Waals surface area contributed by atoms with Gasteiger partial charge in [0.05, 0.1) is 30.9 Å². The van der Waals surface area contributed by atoms with Crippen molar-refractivity contribution >= 4 is 28.5 Å². The molecule has 3 aliphatic rings. The number of aryl methyl sites for hydroxylation is 2. The summed E-state index contributed by atoms with van der Waals surface area (Å²) in [7, 11) is 1.67. The molecular weight excluding hydrogens is 705 g/mol. The molecule has 292 valence electrons. The van der Waals surface area contributed by atoms with Gasteiger partial charge in [0, 0.05) is 86.4 Å². The molecule has 3 fully saturated rings. The Morgan fingerprint density at radius 1 is 1.00 bits per heavy atom. The van der Waals surface area contributed by atoms with E-state index in [0.717, 1.165) is 77.1 Å². The first-order valence-electron chi connectivity index (χ1n) is 20.0. The predicted octanol–water partition coefficient (Wildman–Crippen LogP) is 5.77. The van der Waals surface area contributed by atoms with Crippen LogP contribution in [0.25, 0.3) is 22.2 Å². The number of methoxy groups -OCH3 is 1. The van der Waals surface area contributed by atoms with Crippen LogP contribution < -0.4 is 21.1 Å². The van der Waals surface area contributed by atoms with Crippen LogP contribution in [-0.2, 0) is 37.3 Å². The third-order valence-corrected chi connectivity index (χ3v) is 11.6. The van der Waals surface area contributed by atoms with Crippen molar-refractivity contribution < 1.29 is 19.1 Å². The van der Waals surface area contributed by atoms with Gasteiger partial charge in [-0.05, 0) is 97.3 Å². The van der Waals surface area contributed by atoms with Gasteiger partial charge in [-0.25, -0.2) is 9.67 Å². The van der Waals surface area contributed by atoms with Crippen LogP contribution in [-0.4, -0.2) is 87.9 Å². The van der Waals surface area contributed by atoms with Crippen molar-refractivity contribution in [1.29, 1.82) is 0 Å². The number of ether oxygens (including phenoxy) is 2. The molecule has 3 aromatic carbocycles. The summed E-state index contributed by atoms with van der Waals surface area (Å²) in [6.45, 7) is 9.83. The minimum Gasteiger partial charge on any atom is -0.497 e. The number of nitrogens with zero attached hydrogens (tertiary/aromatic N) is 5. The normalized spacial score (nSPS) is 18.4. The van der Waals surface area contributed by atoms with Crippen LogP contribution in [0.3, 0.4) is 0 Å². The van der Waals surface area contributed by atoms with Crippen LogP contribution in [0, 0.1) is 0 Å². The highest BCUT2D eigenvalue weighted by Crippen LogP contribution is 2.34. The van der Waals surface area contributed by atoms with Crippen molar-refractivity contribution in [3.8, 4) is 16.9 Å². The lowest BCUT2D eigenvalue weighted by Crippen LogP contribution is -2.42. The van der Waals surface area contributed by atoms with Crippen LogP contribution in [0.5, 0.6) is 5.75 Å². The summed E-state index contributed by atoms with van der Waals surface area (Å²) in [6, 6.07) is 23.0. The second-order valence-electron chi connectivity index (χ2n) is 15.3. The molecule has 1 unspecified atom stereocenters. The fourth-order valence-electron chi connectivity index (χ4n) is 8.64. The van der Waals surface area contributed by atoms with Crippen LogP contribution >= 0.6 is 0 Å². The first-order valence-corrected chi connectivity index (χ1v) is 20.0. The number of primary amides is 1. The Morgan fingerprint density at radius 3 is 2.54 bits per heavy atom. The number of aromatic nitrogens is 3. The fraction of sp³-hybridized carbons (Fsp3) is 0.409. The molecule has 0 radical (unpaired) electrons. The molecule has 0 saturated carbocycles. The van der Waals surface area contributed by atoms with Crippen molar-refractivity contribution in [2.45, 2.75) is 83.8 Å². The van der Waals surface area contributed by atoms with E-state index < -0.39 is 5.91 Å². The number of nitrogens with one attached hydrogen (secondary N) is 2. The molecule has 3 aliphatic heterocycles. The van der Waals surface area contributed by atoms with Gasteiger partial charge in [-0.1, -0.05) is 31.2 Å². The molecular formula is C44H52N8O4. The largest absolute Gasteiger partial charge is 0.497 e. The number of likely N-dealkylation sites (tertiary alicyclic amines) is 1. The molecule has 4 N–H and O–H groups in total. The van der Waals surface area contributed by atoms with Gasteiger partial charge < -0.3 is 30.7 Å². The Hall–Kier alpha value is -5.30. The van der Waals surface area contributed by atoms with Crippen LogP contribution in [0.15, 0.2) is 72.9 Å². The fourth-order valence-corrected chi connectivity index (χ4v) is 8.64. The van der Waals surface area contributed by atoms with Crippen LogP contribution in [0.1, 0.15) is 76.2 Å². The number of fused-ring (bicyclic) bond motifs is 3. The molecule has 56 heavy (non-hydrogen) atoms. The molecule has 12 nitrogen and oxygen atoms in total. The molecule has 2 atom stereocenters. The lowest BCUT2D eigenvalue weighted by molar-refractivity contribution is 0.0729. The third kappa shape index (κ3) is 7.86. The maximum absolute atomic E-state index is 14.8. The number of anilines is 1. The zero-order valence-corrected chi connectivity index (χ0v) is 32.6. The van der Waals surface area contributed by atoms with Crippen LogP contribution in [0.4, 0.5) is 5.69 Å². The van der Waals surface area contributed by atoms with Gasteiger partial charge in [0.1, 0.15) is 5.75 Å². The summed E-state index contributed by atoms with van der Waals surface area (Å²) in [5.74, 6) is -0.101. The highest BCUT2D eigenvalue weighted by Gasteiger charge is 2.37. The predicted molar refractivity (Wildman–Crippen MR) is 218 cm³/mol. The summed E-state index contributed by atoms with van der Waals surface area (Å²) < 4.78 is 13.5. The van der Waals surface area contributed by atoms with Crippen molar-refractivity contribution in [1.82, 2.24) is 29.9 Å². The van der Waals surface area contributed by atoms with Crippen molar-refractivity contribution in [3.63, 3.8) is 0 Å². The van der Waals surface area contributed by atoms with E-state index in [9.17, 15) is 9.59 Å². The second-order valence-corrected chi connectivity index (χ2v) is 15.3. The van der Waals surface area contributed by atoms with Crippen molar-refractivity contribution in [2.75, 3.05) is 38.7 Å². The van der Waals surface area contributed by atoms with Gasteiger partial charge in [-0.3, -0.25) is 14.5 Å². The molecule has 0 aliphatic carbocycles. The number of carbonyl (C=O) groups is 2. The van der Waals surface area contributed by atoms with E-state index in [-0.39, 0.29) is 30.6 Å². The number of carbonyl (C=O) groups excluding carboxylic acids is 2. The van der Waals surface area contributed by atoms with Gasteiger partial charge in [-0.15, -0.1) is 0 Å². The van der Waals surface area contributed by atoms with E-state index in [1.54, 1.807) is 31.4 Å². The Balaban J connectivity index is 1.18. The van der Waals surface area contributed by atoms with E-state index >= 15 is 0 Å². The Morgan fingerprint density at radius 2 is 1.80 bits per heavy atom. The number of hydrogen-bond acceptors (Lipinski definition) is 9. The highest BCUT2D eigenvalue weighted by molar-refractivity contribution is 5.99. The average Bonchev–Trinajstić information content (AvgIpc) is 3.98. The number of pyridine rings is 1. The molecule has 2 amide bonds. The summed E-state index contributed by atoms with van der Waals surface area (Å²) in [6.07, 6.45) is 5.52. The first-order chi connectivity index (χ1) is 27.3. The maximum atomic E-state index is 14.8. The molecule has 2 aromatic heterocycles. The zero-order valence-electron chi connectivity index (χ0n) is 32.6. The van der Waals surface area contributed by atoms with Gasteiger partial charge in [0.2, 0.25) is 5.91 Å². The summed E-state index contributed by atoms with van der Waals surface area (Å²) in [4.78, 5) is 36.6. The highest BCUT2D eigenvalue weighted by atomic mass is 16.5. The number of amides is 2. The molecule has 5 aromatic rings. The number of nitrogens with two attached hydrogens (primary N) is 1. The summed E-state index contributed by atoms with van der Waals surface area (Å²) in [5, 5.41) is 13.1. The van der Waals surface area contributed by atoms with Crippen molar-refractivity contribution in [3.05, 3.63) is 106 Å². The molecule has 2 bridgehead atoms. The lowest BCUT2D eigenvalue weighted by Gasteiger charge is -2.29. The van der Waals surface area contributed by atoms with Gasteiger partial charge in [-0.2, -0.15) is 5.10 Å². The molecule has 3 saturated heterocycles. The minimum absolute atomic E-state index is 0.202. The van der Waals surface area contributed by atoms with Gasteiger partial charge in [0.25, 0.3) is 5.91 Å². The van der Waals surface area contributed by atoms with E-state index in [0.29, 0.717) is 49.6 Å². The Labute approximate surface area is 328 Å². The average molecular weight is 757 g/mol. The molecule has 12 heteroatoms.